The van der Waals surface area contributed by atoms with E-state index in [0.29, 0.717) is 0 Å². The van der Waals surface area contributed by atoms with E-state index in [2.05, 4.69) is 19.9 Å². The molecule has 0 bridgehead atoms. The van der Waals surface area contributed by atoms with Crippen LogP contribution in [0.3, 0.4) is 0 Å². The molecule has 0 heterocycles. The zero-order valence-corrected chi connectivity index (χ0v) is 12.3. The molecule has 0 unspecified atom stereocenters. The second kappa shape index (κ2) is 6.09. The van der Waals surface area contributed by atoms with Gasteiger partial charge >= 0.3 is 0 Å². The minimum Gasteiger partial charge on any atom is -0.198 e. The highest BCUT2D eigenvalue weighted by Crippen LogP contribution is 2.46. The Morgan fingerprint density at radius 2 is 1.50 bits per heavy atom. The van der Waals surface area contributed by atoms with Crippen LogP contribution in [-0.4, -0.2) is 0 Å². The molecule has 18 heavy (non-hydrogen) atoms. The predicted molar refractivity (Wildman–Crippen MR) is 76.0 cm³/mol. The highest BCUT2D eigenvalue weighted by molar-refractivity contribution is 5.01. The lowest BCUT2D eigenvalue weighted by Gasteiger charge is -2.40. The molecule has 0 aromatic carbocycles. The Morgan fingerprint density at radius 3 is 1.94 bits per heavy atom. The summed E-state index contributed by atoms with van der Waals surface area (Å²) in [4.78, 5) is 0. The zero-order valence-electron chi connectivity index (χ0n) is 12.3. The van der Waals surface area contributed by atoms with E-state index < -0.39 is 0 Å². The summed E-state index contributed by atoms with van der Waals surface area (Å²) < 4.78 is 0. The Kier molecular flexibility index (Phi) is 4.71. The summed E-state index contributed by atoms with van der Waals surface area (Å²) >= 11 is 0. The maximum absolute atomic E-state index is 9.35. The van der Waals surface area contributed by atoms with Gasteiger partial charge in [0.25, 0.3) is 0 Å². The number of hydrogen-bond acceptors (Lipinski definition) is 1. The first-order chi connectivity index (χ1) is 8.73. The van der Waals surface area contributed by atoms with E-state index in [0.717, 1.165) is 24.2 Å². The highest BCUT2D eigenvalue weighted by atomic mass is 14.4. The lowest BCUT2D eigenvalue weighted by molar-refractivity contribution is 0.120. The Morgan fingerprint density at radius 1 is 0.944 bits per heavy atom. The summed E-state index contributed by atoms with van der Waals surface area (Å²) in [5.41, 5.74) is 0.0388. The molecule has 2 fully saturated rings. The van der Waals surface area contributed by atoms with Crippen molar-refractivity contribution >= 4 is 0 Å². The van der Waals surface area contributed by atoms with Crippen LogP contribution in [0.1, 0.15) is 78.1 Å². The second-order valence-electron chi connectivity index (χ2n) is 6.77. The number of rotatable bonds is 3. The van der Waals surface area contributed by atoms with E-state index in [1.807, 2.05) is 0 Å². The molecule has 0 aromatic heterocycles. The number of nitriles is 1. The molecular formula is C17H29N. The van der Waals surface area contributed by atoms with Crippen LogP contribution in [0.25, 0.3) is 0 Å². The molecule has 2 saturated carbocycles. The van der Waals surface area contributed by atoms with Crippen LogP contribution < -0.4 is 0 Å². The summed E-state index contributed by atoms with van der Waals surface area (Å²) in [6.07, 6.45) is 13.3. The topological polar surface area (TPSA) is 23.8 Å². The van der Waals surface area contributed by atoms with Crippen LogP contribution >= 0.6 is 0 Å². The van der Waals surface area contributed by atoms with Crippen LogP contribution in [0.5, 0.6) is 0 Å². The highest BCUT2D eigenvalue weighted by Gasteiger charge is 2.37. The number of nitrogens with zero attached hydrogens (tertiary/aromatic N) is 1. The van der Waals surface area contributed by atoms with Gasteiger partial charge in [0.1, 0.15) is 0 Å². The second-order valence-corrected chi connectivity index (χ2v) is 6.77. The fourth-order valence-electron chi connectivity index (χ4n) is 4.28. The molecule has 0 amide bonds. The van der Waals surface area contributed by atoms with E-state index >= 15 is 0 Å². The van der Waals surface area contributed by atoms with Crippen LogP contribution in [0.2, 0.25) is 0 Å². The van der Waals surface area contributed by atoms with Gasteiger partial charge in [-0.25, -0.2) is 0 Å². The first kappa shape index (κ1) is 13.9. The Balaban J connectivity index is 1.82. The van der Waals surface area contributed by atoms with Crippen LogP contribution in [0.4, 0.5) is 0 Å². The molecule has 0 aliphatic heterocycles. The molecule has 0 atom stereocenters. The summed E-state index contributed by atoms with van der Waals surface area (Å²) in [6.45, 7) is 4.53. The fourth-order valence-corrected chi connectivity index (χ4v) is 4.28. The van der Waals surface area contributed by atoms with Gasteiger partial charge in [0.05, 0.1) is 11.5 Å². The summed E-state index contributed by atoms with van der Waals surface area (Å²) in [5.74, 6) is 2.94. The quantitative estimate of drug-likeness (QED) is 0.662. The normalized spacial score (nSPS) is 41.3. The third-order valence-electron chi connectivity index (χ3n) is 6.04. The van der Waals surface area contributed by atoms with Crippen molar-refractivity contribution < 1.29 is 0 Å². The van der Waals surface area contributed by atoms with Gasteiger partial charge in [-0.3, -0.25) is 0 Å². The molecule has 0 saturated heterocycles. The molecule has 2 aliphatic carbocycles. The number of hydrogen-bond donors (Lipinski definition) is 0. The molecule has 0 N–H and O–H groups in total. The van der Waals surface area contributed by atoms with Gasteiger partial charge in [-0.15, -0.1) is 0 Å². The van der Waals surface area contributed by atoms with E-state index in [1.54, 1.807) is 0 Å². The van der Waals surface area contributed by atoms with Gasteiger partial charge in [0, 0.05) is 0 Å². The first-order valence-electron chi connectivity index (χ1n) is 8.14. The smallest absolute Gasteiger partial charge is 0.0689 e. The first-order valence-corrected chi connectivity index (χ1v) is 8.14. The van der Waals surface area contributed by atoms with Crippen molar-refractivity contribution in [1.82, 2.24) is 0 Å². The van der Waals surface area contributed by atoms with Gasteiger partial charge in [-0.2, -0.15) is 5.26 Å². The third-order valence-corrected chi connectivity index (χ3v) is 6.04. The molecule has 0 spiro atoms. The molecular weight excluding hydrogens is 218 g/mol. The monoisotopic (exact) mass is 247 g/mol. The molecule has 102 valence electrons. The van der Waals surface area contributed by atoms with Crippen molar-refractivity contribution in [2.24, 2.45) is 23.2 Å². The Labute approximate surface area is 113 Å². The van der Waals surface area contributed by atoms with Crippen LogP contribution in [0, 0.1) is 34.5 Å². The van der Waals surface area contributed by atoms with Crippen molar-refractivity contribution in [2.45, 2.75) is 78.1 Å². The van der Waals surface area contributed by atoms with Crippen molar-refractivity contribution in [2.75, 3.05) is 0 Å². The van der Waals surface area contributed by atoms with Crippen molar-refractivity contribution in [3.63, 3.8) is 0 Å². The van der Waals surface area contributed by atoms with Crippen LogP contribution in [0.15, 0.2) is 0 Å². The van der Waals surface area contributed by atoms with E-state index in [4.69, 9.17) is 0 Å². The molecule has 0 aromatic rings. The standard InChI is InChI=1S/C17H29N/c1-3-14-5-7-15(8-6-14)16-9-11-17(4-2,13-18)12-10-16/h14-16H,3-12H2,1-2H3. The van der Waals surface area contributed by atoms with E-state index in [1.165, 1.54) is 57.8 Å². The zero-order chi connectivity index (χ0) is 13.0. The lowest BCUT2D eigenvalue weighted by Crippen LogP contribution is -2.30. The van der Waals surface area contributed by atoms with Gasteiger partial charge in [0.15, 0.2) is 0 Å². The SMILES string of the molecule is CCC1CCC(C2CCC(C#N)(CC)CC2)CC1. The maximum atomic E-state index is 9.35. The Hall–Kier alpha value is -0.510. The molecule has 0 radical (unpaired) electrons. The fraction of sp³-hybridized carbons (Fsp3) is 0.941. The molecule has 1 heteroatoms. The summed E-state index contributed by atoms with van der Waals surface area (Å²) in [5, 5.41) is 9.35. The van der Waals surface area contributed by atoms with Gasteiger partial charge < -0.3 is 0 Å². The average Bonchev–Trinajstić information content (AvgIpc) is 2.47. The van der Waals surface area contributed by atoms with Crippen molar-refractivity contribution in [1.29, 1.82) is 5.26 Å². The molecule has 2 aliphatic rings. The van der Waals surface area contributed by atoms with E-state index in [9.17, 15) is 5.26 Å². The van der Waals surface area contributed by atoms with E-state index in [-0.39, 0.29) is 5.41 Å². The largest absolute Gasteiger partial charge is 0.198 e. The minimum absolute atomic E-state index is 0.0388. The summed E-state index contributed by atoms with van der Waals surface area (Å²) in [6, 6.07) is 2.61. The minimum atomic E-state index is 0.0388. The maximum Gasteiger partial charge on any atom is 0.0689 e. The Bertz CT molecular complexity index is 285. The van der Waals surface area contributed by atoms with Gasteiger partial charge in [-0.05, 0) is 62.7 Å². The average molecular weight is 247 g/mol. The molecule has 2 rings (SSSR count). The molecule has 1 nitrogen and oxygen atoms in total. The van der Waals surface area contributed by atoms with Gasteiger partial charge in [-0.1, -0.05) is 33.1 Å². The van der Waals surface area contributed by atoms with Crippen LogP contribution in [-0.2, 0) is 0 Å². The lowest BCUT2D eigenvalue weighted by atomic mass is 9.64. The van der Waals surface area contributed by atoms with Gasteiger partial charge in [0.2, 0.25) is 0 Å². The predicted octanol–water partition coefficient (Wildman–Crippen LogP) is 5.31. The van der Waals surface area contributed by atoms with Crippen molar-refractivity contribution in [3.05, 3.63) is 0 Å². The van der Waals surface area contributed by atoms with Crippen molar-refractivity contribution in [3.8, 4) is 6.07 Å². The third kappa shape index (κ3) is 2.90. The summed E-state index contributed by atoms with van der Waals surface area (Å²) in [7, 11) is 0.